The lowest BCUT2D eigenvalue weighted by Gasteiger charge is -2.10. The highest BCUT2D eigenvalue weighted by Gasteiger charge is 2.01. The van der Waals surface area contributed by atoms with Crippen LogP contribution in [0.5, 0.6) is 0 Å². The lowest BCUT2D eigenvalue weighted by atomic mass is 10.2. The molecule has 1 rings (SSSR count). The summed E-state index contributed by atoms with van der Waals surface area (Å²) in [5.41, 5.74) is 0.866. The molecule has 0 aliphatic heterocycles. The summed E-state index contributed by atoms with van der Waals surface area (Å²) < 4.78 is 0. The van der Waals surface area contributed by atoms with Crippen LogP contribution in [0.2, 0.25) is 5.02 Å². The van der Waals surface area contributed by atoms with Crippen LogP contribution in [0, 0.1) is 0 Å². The summed E-state index contributed by atoms with van der Waals surface area (Å²) in [5, 5.41) is 13.1. The van der Waals surface area contributed by atoms with Gasteiger partial charge in [-0.25, -0.2) is 0 Å². The number of rotatable bonds is 5. The van der Waals surface area contributed by atoms with E-state index in [1.165, 1.54) is 0 Å². The van der Waals surface area contributed by atoms with Crippen molar-refractivity contribution in [3.8, 4) is 0 Å². The fourth-order valence-electron chi connectivity index (χ4n) is 1.10. The maximum absolute atomic E-state index is 9.32. The standard InChI is InChI=1S/C10H15ClN2O/c1-2-8(14)3-6-13-10-4-5-12-7-9(10)11/h4-5,7-8,14H,2-3,6H2,1H3,(H,12,13). The van der Waals surface area contributed by atoms with Crippen molar-refractivity contribution in [1.82, 2.24) is 4.98 Å². The van der Waals surface area contributed by atoms with Crippen LogP contribution in [-0.4, -0.2) is 22.7 Å². The third-order valence-electron chi connectivity index (χ3n) is 2.04. The normalized spacial score (nSPS) is 12.5. The van der Waals surface area contributed by atoms with E-state index in [0.29, 0.717) is 5.02 Å². The lowest BCUT2D eigenvalue weighted by Crippen LogP contribution is -2.12. The molecule has 1 unspecified atom stereocenters. The molecule has 0 saturated carbocycles. The minimum atomic E-state index is -0.233. The van der Waals surface area contributed by atoms with E-state index in [-0.39, 0.29) is 6.10 Å². The number of halogens is 1. The molecule has 0 radical (unpaired) electrons. The van der Waals surface area contributed by atoms with Gasteiger partial charge in [-0.2, -0.15) is 0 Å². The van der Waals surface area contributed by atoms with Gasteiger partial charge in [0.2, 0.25) is 0 Å². The Hall–Kier alpha value is -0.800. The number of aromatic nitrogens is 1. The van der Waals surface area contributed by atoms with E-state index in [4.69, 9.17) is 11.6 Å². The number of nitrogens with zero attached hydrogens (tertiary/aromatic N) is 1. The second-order valence-electron chi connectivity index (χ2n) is 3.13. The maximum atomic E-state index is 9.32. The van der Waals surface area contributed by atoms with E-state index < -0.39 is 0 Å². The van der Waals surface area contributed by atoms with Crippen LogP contribution in [0.3, 0.4) is 0 Å². The van der Waals surface area contributed by atoms with Gasteiger partial charge in [0.15, 0.2) is 0 Å². The third kappa shape index (κ3) is 3.52. The molecule has 1 aromatic heterocycles. The minimum absolute atomic E-state index is 0.233. The van der Waals surface area contributed by atoms with E-state index in [1.807, 2.05) is 13.0 Å². The van der Waals surface area contributed by atoms with E-state index in [9.17, 15) is 5.11 Å². The van der Waals surface area contributed by atoms with Crippen LogP contribution >= 0.6 is 11.6 Å². The second-order valence-corrected chi connectivity index (χ2v) is 3.54. The summed E-state index contributed by atoms with van der Waals surface area (Å²) in [6.07, 6.45) is 4.56. The monoisotopic (exact) mass is 214 g/mol. The van der Waals surface area contributed by atoms with Crippen molar-refractivity contribution in [3.63, 3.8) is 0 Å². The molecule has 0 aliphatic carbocycles. The van der Waals surface area contributed by atoms with E-state index in [2.05, 4.69) is 10.3 Å². The Kier molecular flexibility index (Phi) is 4.70. The first-order valence-corrected chi connectivity index (χ1v) is 5.13. The SMILES string of the molecule is CCC(O)CCNc1ccncc1Cl. The van der Waals surface area contributed by atoms with Gasteiger partial charge in [-0.05, 0) is 18.9 Å². The molecule has 0 saturated heterocycles. The molecule has 78 valence electrons. The molecule has 2 N–H and O–H groups in total. The summed E-state index contributed by atoms with van der Waals surface area (Å²) in [5.74, 6) is 0. The summed E-state index contributed by atoms with van der Waals surface area (Å²) in [6, 6.07) is 1.82. The van der Waals surface area contributed by atoms with Crippen molar-refractivity contribution < 1.29 is 5.11 Å². The molecular weight excluding hydrogens is 200 g/mol. The van der Waals surface area contributed by atoms with Gasteiger partial charge in [0.1, 0.15) is 0 Å². The highest BCUT2D eigenvalue weighted by atomic mass is 35.5. The van der Waals surface area contributed by atoms with Crippen molar-refractivity contribution in [2.24, 2.45) is 0 Å². The lowest BCUT2D eigenvalue weighted by molar-refractivity contribution is 0.164. The van der Waals surface area contributed by atoms with Crippen molar-refractivity contribution in [3.05, 3.63) is 23.5 Å². The predicted molar refractivity (Wildman–Crippen MR) is 58.7 cm³/mol. The number of aliphatic hydroxyl groups excluding tert-OH is 1. The fourth-order valence-corrected chi connectivity index (χ4v) is 1.28. The minimum Gasteiger partial charge on any atom is -0.393 e. The van der Waals surface area contributed by atoms with Gasteiger partial charge in [0, 0.05) is 18.9 Å². The number of aliphatic hydroxyl groups is 1. The van der Waals surface area contributed by atoms with Gasteiger partial charge in [0.05, 0.1) is 16.8 Å². The van der Waals surface area contributed by atoms with Gasteiger partial charge in [-0.1, -0.05) is 18.5 Å². The van der Waals surface area contributed by atoms with Gasteiger partial charge in [-0.15, -0.1) is 0 Å². The van der Waals surface area contributed by atoms with Crippen LogP contribution in [-0.2, 0) is 0 Å². The zero-order valence-corrected chi connectivity index (χ0v) is 8.96. The molecule has 1 aromatic rings. The first-order valence-electron chi connectivity index (χ1n) is 4.75. The number of hydrogen-bond acceptors (Lipinski definition) is 3. The predicted octanol–water partition coefficient (Wildman–Crippen LogP) is 2.31. The summed E-state index contributed by atoms with van der Waals surface area (Å²) in [7, 11) is 0. The second kappa shape index (κ2) is 5.83. The molecule has 0 fully saturated rings. The molecule has 4 heteroatoms. The number of anilines is 1. The van der Waals surface area contributed by atoms with E-state index in [1.54, 1.807) is 12.4 Å². The first-order chi connectivity index (χ1) is 6.74. The number of hydrogen-bond donors (Lipinski definition) is 2. The Labute approximate surface area is 89.1 Å². The highest BCUT2D eigenvalue weighted by Crippen LogP contribution is 2.18. The molecule has 1 atom stereocenters. The topological polar surface area (TPSA) is 45.1 Å². The molecule has 0 spiro atoms. The molecule has 0 aromatic carbocycles. The summed E-state index contributed by atoms with van der Waals surface area (Å²) in [4.78, 5) is 3.88. The van der Waals surface area contributed by atoms with Gasteiger partial charge < -0.3 is 10.4 Å². The zero-order valence-electron chi connectivity index (χ0n) is 8.20. The van der Waals surface area contributed by atoms with Crippen molar-refractivity contribution in [2.75, 3.05) is 11.9 Å². The van der Waals surface area contributed by atoms with Crippen LogP contribution in [0.4, 0.5) is 5.69 Å². The Morgan fingerprint density at radius 3 is 3.07 bits per heavy atom. The number of nitrogens with one attached hydrogen (secondary N) is 1. The van der Waals surface area contributed by atoms with E-state index >= 15 is 0 Å². The van der Waals surface area contributed by atoms with Crippen LogP contribution < -0.4 is 5.32 Å². The van der Waals surface area contributed by atoms with Gasteiger partial charge in [-0.3, -0.25) is 4.98 Å². The van der Waals surface area contributed by atoms with Crippen LogP contribution in [0.15, 0.2) is 18.5 Å². The highest BCUT2D eigenvalue weighted by molar-refractivity contribution is 6.33. The first kappa shape index (κ1) is 11.3. The summed E-state index contributed by atoms with van der Waals surface area (Å²) in [6.45, 7) is 2.68. The third-order valence-corrected chi connectivity index (χ3v) is 2.34. The average Bonchev–Trinajstić information content (AvgIpc) is 2.20. The van der Waals surface area contributed by atoms with Crippen LogP contribution in [0.25, 0.3) is 0 Å². The molecular formula is C10H15ClN2O. The molecule has 0 amide bonds. The van der Waals surface area contributed by atoms with Crippen molar-refractivity contribution in [1.29, 1.82) is 0 Å². The molecule has 14 heavy (non-hydrogen) atoms. The molecule has 0 aliphatic rings. The Morgan fingerprint density at radius 2 is 2.43 bits per heavy atom. The van der Waals surface area contributed by atoms with E-state index in [0.717, 1.165) is 25.1 Å². The molecule has 0 bridgehead atoms. The maximum Gasteiger partial charge on any atom is 0.0820 e. The molecule has 1 heterocycles. The molecule has 3 nitrogen and oxygen atoms in total. The Morgan fingerprint density at radius 1 is 1.64 bits per heavy atom. The van der Waals surface area contributed by atoms with Crippen molar-refractivity contribution >= 4 is 17.3 Å². The van der Waals surface area contributed by atoms with Crippen LogP contribution in [0.1, 0.15) is 19.8 Å². The Bertz CT molecular complexity index is 281. The number of pyridine rings is 1. The van der Waals surface area contributed by atoms with Crippen molar-refractivity contribution in [2.45, 2.75) is 25.9 Å². The fraction of sp³-hybridized carbons (Fsp3) is 0.500. The smallest absolute Gasteiger partial charge is 0.0820 e. The Balaban J connectivity index is 2.35. The summed E-state index contributed by atoms with van der Waals surface area (Å²) >= 11 is 5.89. The average molecular weight is 215 g/mol. The zero-order chi connectivity index (χ0) is 10.4. The van der Waals surface area contributed by atoms with Gasteiger partial charge >= 0.3 is 0 Å². The van der Waals surface area contributed by atoms with Gasteiger partial charge in [0.25, 0.3) is 0 Å². The largest absolute Gasteiger partial charge is 0.393 e. The quantitative estimate of drug-likeness (QED) is 0.791.